The van der Waals surface area contributed by atoms with Crippen molar-refractivity contribution >= 4 is 24.7 Å². The minimum Gasteiger partial charge on any atom is -0.273 e. The van der Waals surface area contributed by atoms with E-state index in [2.05, 4.69) is 0 Å². The Morgan fingerprint density at radius 1 is 1.23 bits per heavy atom. The molecule has 0 fully saturated rings. The highest BCUT2D eigenvalue weighted by Gasteiger charge is 2.15. The van der Waals surface area contributed by atoms with Gasteiger partial charge in [-0.25, -0.2) is 5.06 Å². The number of hydrogen-bond acceptors (Lipinski definition) is 3. The van der Waals surface area contributed by atoms with E-state index in [1.54, 1.807) is 0 Å². The zero-order chi connectivity index (χ0) is 15.9. The lowest BCUT2D eigenvalue weighted by molar-refractivity contribution is -0.189. The lowest BCUT2D eigenvalue weighted by atomic mass is 10.1. The number of nitrogens with zero attached hydrogens (tertiary/aromatic N) is 1. The van der Waals surface area contributed by atoms with Crippen LogP contribution in [0.15, 0.2) is 42.5 Å². The lowest BCUT2D eigenvalue weighted by Crippen LogP contribution is -2.30. The molecule has 0 aliphatic carbocycles. The van der Waals surface area contributed by atoms with Gasteiger partial charge in [0, 0.05) is 13.3 Å². The predicted molar refractivity (Wildman–Crippen MR) is 85.4 cm³/mol. The standard InChI is InChI=1S/C16H18NO4P/c1-13(18)17(10-5-11-22(19)20)21-12-15-8-4-7-14-6-2-3-9-16(14)15/h2-4,6-9H,5,10-12H2,1H3/p+1. The van der Waals surface area contributed by atoms with E-state index in [0.29, 0.717) is 13.0 Å². The molecule has 0 aromatic heterocycles. The van der Waals surface area contributed by atoms with Crippen LogP contribution < -0.4 is 0 Å². The summed E-state index contributed by atoms with van der Waals surface area (Å²) in [6.45, 7) is 2.01. The lowest BCUT2D eigenvalue weighted by Gasteiger charge is -2.20. The van der Waals surface area contributed by atoms with Crippen molar-refractivity contribution in [2.45, 2.75) is 20.0 Å². The molecule has 6 heteroatoms. The predicted octanol–water partition coefficient (Wildman–Crippen LogP) is 3.24. The molecule has 2 rings (SSSR count). The second kappa shape index (κ2) is 7.99. The maximum atomic E-state index is 11.6. The van der Waals surface area contributed by atoms with Crippen LogP contribution >= 0.6 is 8.03 Å². The summed E-state index contributed by atoms with van der Waals surface area (Å²) in [6.07, 6.45) is 0.595. The Hall–Kier alpha value is -1.81. The van der Waals surface area contributed by atoms with Gasteiger partial charge in [-0.3, -0.25) is 9.63 Å². The number of carbonyl (C=O) groups is 1. The molecule has 1 unspecified atom stereocenters. The molecule has 5 nitrogen and oxygen atoms in total. The molecule has 0 radical (unpaired) electrons. The van der Waals surface area contributed by atoms with Crippen LogP contribution in [0.2, 0.25) is 0 Å². The number of amides is 1. The largest absolute Gasteiger partial charge is 0.505 e. The highest BCUT2D eigenvalue weighted by atomic mass is 31.1. The van der Waals surface area contributed by atoms with Crippen LogP contribution in [0.3, 0.4) is 0 Å². The van der Waals surface area contributed by atoms with Gasteiger partial charge in [0.1, 0.15) is 6.61 Å². The third kappa shape index (κ3) is 4.60. The number of hydroxylamine groups is 2. The SMILES string of the molecule is CC(=O)N(CCC[P+](=O)O)OCc1cccc2ccccc12. The molecular formula is C16H19NO4P+. The fourth-order valence-electron chi connectivity index (χ4n) is 2.23. The second-order valence-corrected chi connectivity index (χ2v) is 6.11. The maximum absolute atomic E-state index is 11.6. The third-order valence-electron chi connectivity index (χ3n) is 3.32. The minimum atomic E-state index is -2.17. The molecule has 22 heavy (non-hydrogen) atoms. The normalized spacial score (nSPS) is 11.5. The number of carbonyl (C=O) groups excluding carboxylic acids is 1. The first-order valence-electron chi connectivity index (χ1n) is 7.09. The van der Waals surface area contributed by atoms with Gasteiger partial charge in [0.15, 0.2) is 6.16 Å². The van der Waals surface area contributed by atoms with E-state index in [1.807, 2.05) is 42.5 Å². The fraction of sp³-hybridized carbons (Fsp3) is 0.312. The quantitative estimate of drug-likeness (QED) is 0.628. The average molecular weight is 320 g/mol. The molecule has 1 atom stereocenters. The Morgan fingerprint density at radius 2 is 1.95 bits per heavy atom. The molecule has 116 valence electrons. The molecule has 0 aliphatic heterocycles. The van der Waals surface area contributed by atoms with E-state index < -0.39 is 8.03 Å². The van der Waals surface area contributed by atoms with Gasteiger partial charge in [-0.15, -0.1) is 0 Å². The summed E-state index contributed by atoms with van der Waals surface area (Å²) in [7, 11) is -2.17. The Balaban J connectivity index is 2.02. The first-order valence-corrected chi connectivity index (χ1v) is 8.49. The molecule has 2 aromatic carbocycles. The molecule has 0 bridgehead atoms. The molecule has 0 spiro atoms. The van der Waals surface area contributed by atoms with Gasteiger partial charge in [0.05, 0.1) is 6.54 Å². The van der Waals surface area contributed by atoms with Crippen LogP contribution in [0.1, 0.15) is 18.9 Å². The van der Waals surface area contributed by atoms with E-state index in [9.17, 15) is 9.36 Å². The molecular weight excluding hydrogens is 301 g/mol. The van der Waals surface area contributed by atoms with Crippen molar-refractivity contribution < 1.29 is 19.1 Å². The van der Waals surface area contributed by atoms with Crippen molar-refractivity contribution in [3.05, 3.63) is 48.0 Å². The van der Waals surface area contributed by atoms with E-state index >= 15 is 0 Å². The van der Waals surface area contributed by atoms with E-state index in [4.69, 9.17) is 9.73 Å². The van der Waals surface area contributed by atoms with Crippen LogP contribution in [-0.2, 0) is 20.8 Å². The van der Waals surface area contributed by atoms with Crippen molar-refractivity contribution in [1.82, 2.24) is 5.06 Å². The number of rotatable bonds is 7. The fourth-order valence-corrected chi connectivity index (χ4v) is 2.64. The first kappa shape index (κ1) is 16.6. The highest BCUT2D eigenvalue weighted by molar-refractivity contribution is 7.37. The summed E-state index contributed by atoms with van der Waals surface area (Å²) in [5.41, 5.74) is 0.998. The zero-order valence-electron chi connectivity index (χ0n) is 12.4. The molecule has 2 aromatic rings. The van der Waals surface area contributed by atoms with Gasteiger partial charge in [0.2, 0.25) is 5.91 Å². The van der Waals surface area contributed by atoms with Gasteiger partial charge in [0.25, 0.3) is 0 Å². The maximum Gasteiger partial charge on any atom is 0.505 e. The van der Waals surface area contributed by atoms with Crippen LogP contribution in [0, 0.1) is 0 Å². The Kier molecular flexibility index (Phi) is 6.01. The van der Waals surface area contributed by atoms with E-state index in [0.717, 1.165) is 16.3 Å². The van der Waals surface area contributed by atoms with E-state index in [-0.39, 0.29) is 18.7 Å². The van der Waals surface area contributed by atoms with Crippen LogP contribution in [0.4, 0.5) is 0 Å². The summed E-state index contributed by atoms with van der Waals surface area (Å²) in [4.78, 5) is 26.0. The van der Waals surface area contributed by atoms with Crippen LogP contribution in [0.5, 0.6) is 0 Å². The summed E-state index contributed by atoms with van der Waals surface area (Å²) in [6, 6.07) is 13.9. The van der Waals surface area contributed by atoms with Gasteiger partial charge in [-0.05, 0) is 20.9 Å². The molecule has 1 amide bonds. The summed E-state index contributed by atoms with van der Waals surface area (Å²) >= 11 is 0. The second-order valence-electron chi connectivity index (χ2n) is 4.96. The smallest absolute Gasteiger partial charge is 0.273 e. The average Bonchev–Trinajstić information content (AvgIpc) is 2.50. The molecule has 0 saturated carbocycles. The van der Waals surface area contributed by atoms with Crippen molar-refractivity contribution in [2.24, 2.45) is 0 Å². The minimum absolute atomic E-state index is 0.163. The van der Waals surface area contributed by atoms with Crippen molar-refractivity contribution in [2.75, 3.05) is 12.7 Å². The molecule has 0 saturated heterocycles. The number of fused-ring (bicyclic) bond motifs is 1. The Morgan fingerprint density at radius 3 is 2.68 bits per heavy atom. The summed E-state index contributed by atoms with van der Waals surface area (Å²) in [5.74, 6) is -0.214. The summed E-state index contributed by atoms with van der Waals surface area (Å²) in [5, 5.41) is 3.46. The van der Waals surface area contributed by atoms with E-state index in [1.165, 1.54) is 12.0 Å². The van der Waals surface area contributed by atoms with Crippen molar-refractivity contribution in [3.8, 4) is 0 Å². The third-order valence-corrected chi connectivity index (χ3v) is 4.02. The monoisotopic (exact) mass is 320 g/mol. The van der Waals surface area contributed by atoms with Crippen LogP contribution in [0.25, 0.3) is 10.8 Å². The molecule has 1 N–H and O–H groups in total. The zero-order valence-corrected chi connectivity index (χ0v) is 13.3. The van der Waals surface area contributed by atoms with Crippen molar-refractivity contribution in [3.63, 3.8) is 0 Å². The van der Waals surface area contributed by atoms with Crippen LogP contribution in [-0.4, -0.2) is 28.6 Å². The molecule has 0 aliphatic rings. The van der Waals surface area contributed by atoms with Gasteiger partial charge in [-0.2, -0.15) is 4.89 Å². The highest BCUT2D eigenvalue weighted by Crippen LogP contribution is 2.20. The topological polar surface area (TPSA) is 66.8 Å². The van der Waals surface area contributed by atoms with Gasteiger partial charge in [-0.1, -0.05) is 42.5 Å². The number of benzene rings is 2. The number of hydrogen-bond donors (Lipinski definition) is 1. The molecule has 0 heterocycles. The Labute approximate surface area is 130 Å². The van der Waals surface area contributed by atoms with Crippen molar-refractivity contribution in [1.29, 1.82) is 0 Å². The summed E-state index contributed by atoms with van der Waals surface area (Å²) < 4.78 is 10.7. The Bertz CT molecular complexity index is 669. The first-order chi connectivity index (χ1) is 10.6. The van der Waals surface area contributed by atoms with Gasteiger partial charge < -0.3 is 0 Å². The van der Waals surface area contributed by atoms with Gasteiger partial charge >= 0.3 is 8.03 Å².